The lowest BCUT2D eigenvalue weighted by Gasteiger charge is -2.24. The van der Waals surface area contributed by atoms with Gasteiger partial charge in [0, 0.05) is 38.8 Å². The molecule has 158 valence electrons. The molecule has 1 aliphatic heterocycles. The molecule has 0 amide bonds. The van der Waals surface area contributed by atoms with Crippen LogP contribution in [-0.4, -0.2) is 50.2 Å². The maximum absolute atomic E-state index is 5.31. The lowest BCUT2D eigenvalue weighted by Crippen LogP contribution is -2.45. The van der Waals surface area contributed by atoms with Gasteiger partial charge in [0.1, 0.15) is 5.75 Å². The van der Waals surface area contributed by atoms with Crippen LogP contribution < -0.4 is 15.4 Å². The summed E-state index contributed by atoms with van der Waals surface area (Å²) in [5.41, 5.74) is 1.25. The molecular weight excluding hydrogens is 475 g/mol. The van der Waals surface area contributed by atoms with Gasteiger partial charge in [-0.3, -0.25) is 9.89 Å². The number of methoxy groups -OCH3 is 1. The van der Waals surface area contributed by atoms with E-state index < -0.39 is 0 Å². The van der Waals surface area contributed by atoms with Gasteiger partial charge in [0.15, 0.2) is 5.96 Å². The van der Waals surface area contributed by atoms with Crippen LogP contribution in [0.5, 0.6) is 5.75 Å². The lowest BCUT2D eigenvalue weighted by atomic mass is 10.1. The van der Waals surface area contributed by atoms with Crippen LogP contribution in [0.4, 0.5) is 0 Å². The van der Waals surface area contributed by atoms with E-state index in [-0.39, 0.29) is 24.0 Å². The Hall–Kier alpha value is -1.54. The van der Waals surface area contributed by atoms with Crippen molar-refractivity contribution in [1.82, 2.24) is 15.5 Å². The first-order valence-electron chi connectivity index (χ1n) is 10.5. The second kappa shape index (κ2) is 10.5. The Labute approximate surface area is 191 Å². The minimum Gasteiger partial charge on any atom is -0.497 e. The average molecular weight is 508 g/mol. The van der Waals surface area contributed by atoms with Gasteiger partial charge >= 0.3 is 0 Å². The Morgan fingerprint density at radius 3 is 2.62 bits per heavy atom. The maximum atomic E-state index is 5.31. The third kappa shape index (κ3) is 5.54. The number of guanidine groups is 1. The van der Waals surface area contributed by atoms with Crippen molar-refractivity contribution in [3.05, 3.63) is 42.0 Å². The fourth-order valence-corrected chi connectivity index (χ4v) is 4.59. The van der Waals surface area contributed by atoms with E-state index in [4.69, 9.17) is 4.74 Å². The minimum absolute atomic E-state index is 0. The standard InChI is InChI=1S/C23H32N4O.HI/c1-24-23(26-20-11-12-27(16-20)21-5-3-4-6-21)25-15-17-7-8-19-14-22(28-2)10-9-18(19)13-17;/h7-10,13-14,20-21H,3-6,11-12,15-16H2,1-2H3,(H2,24,25,26);1H. The normalized spacial score (nSPS) is 20.6. The molecule has 0 bridgehead atoms. The van der Waals surface area contributed by atoms with E-state index in [1.165, 1.54) is 55.0 Å². The molecule has 2 aliphatic rings. The molecular formula is C23H33IN4O. The van der Waals surface area contributed by atoms with E-state index in [2.05, 4.69) is 50.9 Å². The van der Waals surface area contributed by atoms with Crippen molar-refractivity contribution in [2.24, 2.45) is 4.99 Å². The lowest BCUT2D eigenvalue weighted by molar-refractivity contribution is 0.242. The van der Waals surface area contributed by atoms with Crippen LogP contribution in [0, 0.1) is 0 Å². The van der Waals surface area contributed by atoms with Crippen molar-refractivity contribution in [2.45, 2.75) is 50.7 Å². The molecule has 1 unspecified atom stereocenters. The monoisotopic (exact) mass is 508 g/mol. The van der Waals surface area contributed by atoms with Gasteiger partial charge in [-0.05, 0) is 53.8 Å². The number of hydrogen-bond donors (Lipinski definition) is 2. The highest BCUT2D eigenvalue weighted by molar-refractivity contribution is 14.0. The minimum atomic E-state index is 0. The summed E-state index contributed by atoms with van der Waals surface area (Å²) >= 11 is 0. The Morgan fingerprint density at radius 1 is 1.10 bits per heavy atom. The first kappa shape index (κ1) is 22.2. The van der Waals surface area contributed by atoms with E-state index >= 15 is 0 Å². The van der Waals surface area contributed by atoms with Crippen LogP contribution in [0.1, 0.15) is 37.7 Å². The van der Waals surface area contributed by atoms with E-state index in [1.54, 1.807) is 7.11 Å². The predicted octanol–water partition coefficient (Wildman–Crippen LogP) is 4.15. The van der Waals surface area contributed by atoms with Gasteiger partial charge in [-0.15, -0.1) is 24.0 Å². The topological polar surface area (TPSA) is 48.9 Å². The summed E-state index contributed by atoms with van der Waals surface area (Å²) in [6.45, 7) is 3.12. The Bertz CT molecular complexity index is 835. The molecule has 4 rings (SSSR count). The van der Waals surface area contributed by atoms with Gasteiger partial charge in [-0.2, -0.15) is 0 Å². The van der Waals surface area contributed by atoms with Crippen LogP contribution in [0.25, 0.3) is 10.8 Å². The van der Waals surface area contributed by atoms with Crippen molar-refractivity contribution in [2.75, 3.05) is 27.2 Å². The Morgan fingerprint density at radius 2 is 1.86 bits per heavy atom. The quantitative estimate of drug-likeness (QED) is 0.362. The summed E-state index contributed by atoms with van der Waals surface area (Å²) in [7, 11) is 3.56. The number of fused-ring (bicyclic) bond motifs is 1. The number of likely N-dealkylation sites (tertiary alicyclic amines) is 1. The summed E-state index contributed by atoms with van der Waals surface area (Å²) in [5, 5.41) is 9.53. The number of nitrogens with zero attached hydrogens (tertiary/aromatic N) is 2. The van der Waals surface area contributed by atoms with Crippen molar-refractivity contribution < 1.29 is 4.74 Å². The summed E-state index contributed by atoms with van der Waals surface area (Å²) in [5.74, 6) is 1.79. The molecule has 6 heteroatoms. The number of aliphatic imine (C=N–C) groups is 1. The van der Waals surface area contributed by atoms with Crippen LogP contribution in [0.3, 0.4) is 0 Å². The predicted molar refractivity (Wildman–Crippen MR) is 131 cm³/mol. The molecule has 0 radical (unpaired) electrons. The number of nitrogens with one attached hydrogen (secondary N) is 2. The number of benzene rings is 2. The first-order valence-corrected chi connectivity index (χ1v) is 10.5. The fourth-order valence-electron chi connectivity index (χ4n) is 4.59. The first-order chi connectivity index (χ1) is 13.7. The summed E-state index contributed by atoms with van der Waals surface area (Å²) in [4.78, 5) is 7.11. The second-order valence-electron chi connectivity index (χ2n) is 8.04. The van der Waals surface area contributed by atoms with Crippen molar-refractivity contribution in [3.63, 3.8) is 0 Å². The molecule has 5 nitrogen and oxygen atoms in total. The van der Waals surface area contributed by atoms with E-state index in [0.29, 0.717) is 6.04 Å². The molecule has 2 fully saturated rings. The summed E-state index contributed by atoms with van der Waals surface area (Å²) in [6.07, 6.45) is 6.78. The Kier molecular flexibility index (Phi) is 8.00. The van der Waals surface area contributed by atoms with Crippen LogP contribution in [0.2, 0.25) is 0 Å². The van der Waals surface area contributed by atoms with Gasteiger partial charge in [0.05, 0.1) is 7.11 Å². The van der Waals surface area contributed by atoms with E-state index in [0.717, 1.165) is 30.8 Å². The summed E-state index contributed by atoms with van der Waals surface area (Å²) in [6, 6.07) is 14.1. The molecule has 29 heavy (non-hydrogen) atoms. The van der Waals surface area contributed by atoms with Gasteiger partial charge in [-0.25, -0.2) is 0 Å². The molecule has 0 spiro atoms. The molecule has 1 saturated carbocycles. The van der Waals surface area contributed by atoms with Gasteiger partial charge in [0.2, 0.25) is 0 Å². The highest BCUT2D eigenvalue weighted by atomic mass is 127. The second-order valence-corrected chi connectivity index (χ2v) is 8.04. The molecule has 1 heterocycles. The SMILES string of the molecule is CN=C(NCc1ccc2cc(OC)ccc2c1)NC1CCN(C2CCCC2)C1.I. The third-order valence-corrected chi connectivity index (χ3v) is 6.20. The van der Waals surface area contributed by atoms with Crippen molar-refractivity contribution >= 4 is 40.7 Å². The zero-order valence-electron chi connectivity index (χ0n) is 17.5. The van der Waals surface area contributed by atoms with E-state index in [9.17, 15) is 0 Å². The maximum Gasteiger partial charge on any atom is 0.191 e. The average Bonchev–Trinajstić information content (AvgIpc) is 3.42. The number of hydrogen-bond acceptors (Lipinski definition) is 3. The molecule has 1 aliphatic carbocycles. The largest absolute Gasteiger partial charge is 0.497 e. The zero-order chi connectivity index (χ0) is 19.3. The fraction of sp³-hybridized carbons (Fsp3) is 0.522. The number of ether oxygens (including phenoxy) is 1. The zero-order valence-corrected chi connectivity index (χ0v) is 19.8. The molecule has 0 aromatic heterocycles. The van der Waals surface area contributed by atoms with Crippen molar-refractivity contribution in [1.29, 1.82) is 0 Å². The van der Waals surface area contributed by atoms with Gasteiger partial charge < -0.3 is 15.4 Å². The molecule has 1 saturated heterocycles. The van der Waals surface area contributed by atoms with Gasteiger partial charge in [-0.1, -0.05) is 31.0 Å². The van der Waals surface area contributed by atoms with Crippen molar-refractivity contribution in [3.8, 4) is 5.75 Å². The molecule has 2 N–H and O–H groups in total. The van der Waals surface area contributed by atoms with Crippen LogP contribution in [0.15, 0.2) is 41.4 Å². The third-order valence-electron chi connectivity index (χ3n) is 6.20. The van der Waals surface area contributed by atoms with E-state index in [1.807, 2.05) is 13.1 Å². The Balaban J connectivity index is 0.00000240. The summed E-state index contributed by atoms with van der Waals surface area (Å²) < 4.78 is 5.31. The van der Waals surface area contributed by atoms with Gasteiger partial charge in [0.25, 0.3) is 0 Å². The molecule has 1 atom stereocenters. The molecule has 2 aromatic rings. The van der Waals surface area contributed by atoms with Crippen LogP contribution in [-0.2, 0) is 6.54 Å². The molecule has 2 aromatic carbocycles. The number of rotatable bonds is 5. The highest BCUT2D eigenvalue weighted by Crippen LogP contribution is 2.26. The number of halogens is 1. The smallest absolute Gasteiger partial charge is 0.191 e. The van der Waals surface area contributed by atoms with Crippen LogP contribution >= 0.6 is 24.0 Å². The highest BCUT2D eigenvalue weighted by Gasteiger charge is 2.30.